The first-order valence-electron chi connectivity index (χ1n) is 7.69. The Kier molecular flexibility index (Phi) is 3.60. The standard InChI is InChI=1S/C15H27N5/c1-12-8-15(10-16,11-20(12)13-4-5-13)19(3)9-14-17-6-7-18(14)2/h6-7,12-13H,4-5,8-11,16H2,1-3H3. The van der Waals surface area contributed by atoms with Crippen molar-refractivity contribution in [3.63, 3.8) is 0 Å². The SMILES string of the molecule is CC1CC(CN)(N(C)Cc2nccn2C)CN1C1CC1. The van der Waals surface area contributed by atoms with Gasteiger partial charge in [-0.2, -0.15) is 0 Å². The minimum atomic E-state index is 0.105. The lowest BCUT2D eigenvalue weighted by Crippen LogP contribution is -2.53. The summed E-state index contributed by atoms with van der Waals surface area (Å²) in [4.78, 5) is 9.54. The topological polar surface area (TPSA) is 50.3 Å². The Labute approximate surface area is 121 Å². The van der Waals surface area contributed by atoms with Crippen LogP contribution in [0.25, 0.3) is 0 Å². The second kappa shape index (κ2) is 5.13. The zero-order valence-corrected chi connectivity index (χ0v) is 12.9. The third-order valence-corrected chi connectivity index (χ3v) is 5.22. The van der Waals surface area contributed by atoms with Crippen LogP contribution in [0.5, 0.6) is 0 Å². The van der Waals surface area contributed by atoms with Gasteiger partial charge < -0.3 is 10.3 Å². The summed E-state index contributed by atoms with van der Waals surface area (Å²) in [5, 5.41) is 0. The van der Waals surface area contributed by atoms with Gasteiger partial charge in [0.15, 0.2) is 0 Å². The Bertz CT molecular complexity index is 467. The Balaban J connectivity index is 1.73. The lowest BCUT2D eigenvalue weighted by atomic mass is 9.94. The van der Waals surface area contributed by atoms with E-state index in [9.17, 15) is 0 Å². The highest BCUT2D eigenvalue weighted by atomic mass is 15.3. The number of imidazole rings is 1. The average molecular weight is 277 g/mol. The van der Waals surface area contributed by atoms with Gasteiger partial charge in [-0.25, -0.2) is 4.98 Å². The molecule has 0 amide bonds. The summed E-state index contributed by atoms with van der Waals surface area (Å²) in [5.41, 5.74) is 6.29. The van der Waals surface area contributed by atoms with E-state index in [2.05, 4.69) is 40.4 Å². The first-order valence-corrected chi connectivity index (χ1v) is 7.69. The van der Waals surface area contributed by atoms with Crippen molar-refractivity contribution in [1.29, 1.82) is 0 Å². The second-order valence-electron chi connectivity index (χ2n) is 6.70. The van der Waals surface area contributed by atoms with Crippen molar-refractivity contribution in [1.82, 2.24) is 19.4 Å². The van der Waals surface area contributed by atoms with Crippen LogP contribution in [0.2, 0.25) is 0 Å². The lowest BCUT2D eigenvalue weighted by Gasteiger charge is -2.37. The molecular formula is C15H27N5. The Morgan fingerprint density at radius 2 is 2.25 bits per heavy atom. The van der Waals surface area contributed by atoms with E-state index in [-0.39, 0.29) is 5.54 Å². The summed E-state index contributed by atoms with van der Waals surface area (Å²) in [6, 6.07) is 1.47. The number of likely N-dealkylation sites (N-methyl/N-ethyl adjacent to an activating group) is 1. The fourth-order valence-corrected chi connectivity index (χ4v) is 3.63. The van der Waals surface area contributed by atoms with Gasteiger partial charge in [0.05, 0.1) is 6.54 Å². The van der Waals surface area contributed by atoms with Gasteiger partial charge in [0, 0.05) is 50.2 Å². The molecule has 1 aromatic rings. The van der Waals surface area contributed by atoms with Crippen molar-refractivity contribution in [2.24, 2.45) is 12.8 Å². The highest BCUT2D eigenvalue weighted by Gasteiger charge is 2.48. The Morgan fingerprint density at radius 1 is 1.50 bits per heavy atom. The van der Waals surface area contributed by atoms with Gasteiger partial charge in [0.2, 0.25) is 0 Å². The predicted octanol–water partition coefficient (Wildman–Crippen LogP) is 0.806. The molecule has 2 unspecified atom stereocenters. The Hall–Kier alpha value is -0.910. The number of hydrogen-bond acceptors (Lipinski definition) is 4. The summed E-state index contributed by atoms with van der Waals surface area (Å²) in [6.45, 7) is 5.05. The maximum atomic E-state index is 6.19. The molecule has 0 bridgehead atoms. The molecule has 1 saturated carbocycles. The number of nitrogens with zero attached hydrogens (tertiary/aromatic N) is 4. The van der Waals surface area contributed by atoms with Crippen LogP contribution in [0.4, 0.5) is 0 Å². The summed E-state index contributed by atoms with van der Waals surface area (Å²) in [7, 11) is 4.25. The van der Waals surface area contributed by atoms with Crippen LogP contribution in [0, 0.1) is 0 Å². The van der Waals surface area contributed by atoms with Crippen molar-refractivity contribution in [3.8, 4) is 0 Å². The van der Waals surface area contributed by atoms with Crippen LogP contribution in [0.15, 0.2) is 12.4 Å². The quantitative estimate of drug-likeness (QED) is 0.865. The van der Waals surface area contributed by atoms with Crippen molar-refractivity contribution < 1.29 is 0 Å². The predicted molar refractivity (Wildman–Crippen MR) is 80.3 cm³/mol. The lowest BCUT2D eigenvalue weighted by molar-refractivity contribution is 0.116. The number of aryl methyl sites for hydroxylation is 1. The molecule has 2 atom stereocenters. The second-order valence-corrected chi connectivity index (χ2v) is 6.70. The molecule has 2 fully saturated rings. The first-order chi connectivity index (χ1) is 9.55. The van der Waals surface area contributed by atoms with E-state index in [4.69, 9.17) is 5.73 Å². The summed E-state index contributed by atoms with van der Waals surface area (Å²) >= 11 is 0. The van der Waals surface area contributed by atoms with Gasteiger partial charge in [-0.05, 0) is 33.2 Å². The van der Waals surface area contributed by atoms with Crippen LogP contribution in [0.3, 0.4) is 0 Å². The van der Waals surface area contributed by atoms with Crippen molar-refractivity contribution in [2.75, 3.05) is 20.1 Å². The summed E-state index contributed by atoms with van der Waals surface area (Å²) in [5.74, 6) is 1.11. The summed E-state index contributed by atoms with van der Waals surface area (Å²) in [6.07, 6.45) is 7.78. The minimum Gasteiger partial charge on any atom is -0.337 e. The molecule has 5 nitrogen and oxygen atoms in total. The molecule has 2 heterocycles. The normalized spacial score (nSPS) is 31.4. The third-order valence-electron chi connectivity index (χ3n) is 5.22. The van der Waals surface area contributed by atoms with E-state index < -0.39 is 0 Å². The fraction of sp³-hybridized carbons (Fsp3) is 0.800. The molecular weight excluding hydrogens is 250 g/mol. The molecule has 1 aliphatic carbocycles. The van der Waals surface area contributed by atoms with E-state index in [0.717, 1.165) is 31.5 Å². The third kappa shape index (κ3) is 2.38. The smallest absolute Gasteiger partial charge is 0.122 e. The van der Waals surface area contributed by atoms with Gasteiger partial charge in [-0.15, -0.1) is 0 Å². The molecule has 0 radical (unpaired) electrons. The van der Waals surface area contributed by atoms with Crippen LogP contribution in [-0.2, 0) is 13.6 Å². The minimum absolute atomic E-state index is 0.105. The number of rotatable bonds is 5. The van der Waals surface area contributed by atoms with Crippen LogP contribution in [-0.4, -0.2) is 57.1 Å². The molecule has 3 rings (SSSR count). The molecule has 112 valence electrons. The molecule has 0 aromatic carbocycles. The van der Waals surface area contributed by atoms with E-state index in [1.807, 2.05) is 12.4 Å². The van der Waals surface area contributed by atoms with Crippen molar-refractivity contribution in [3.05, 3.63) is 18.2 Å². The number of hydrogen-bond donors (Lipinski definition) is 1. The zero-order chi connectivity index (χ0) is 14.3. The number of likely N-dealkylation sites (tertiary alicyclic amines) is 1. The maximum Gasteiger partial charge on any atom is 0.122 e. The largest absolute Gasteiger partial charge is 0.337 e. The van der Waals surface area contributed by atoms with Gasteiger partial charge in [0.25, 0.3) is 0 Å². The maximum absolute atomic E-state index is 6.19. The van der Waals surface area contributed by atoms with E-state index in [1.165, 1.54) is 19.3 Å². The van der Waals surface area contributed by atoms with E-state index in [0.29, 0.717) is 6.04 Å². The van der Waals surface area contributed by atoms with Crippen LogP contribution >= 0.6 is 0 Å². The van der Waals surface area contributed by atoms with Gasteiger partial charge >= 0.3 is 0 Å². The molecule has 2 N–H and O–H groups in total. The van der Waals surface area contributed by atoms with E-state index >= 15 is 0 Å². The van der Waals surface area contributed by atoms with E-state index in [1.54, 1.807) is 0 Å². The molecule has 5 heteroatoms. The monoisotopic (exact) mass is 277 g/mol. The molecule has 1 aliphatic heterocycles. The first kappa shape index (κ1) is 14.0. The van der Waals surface area contributed by atoms with Gasteiger partial charge in [0.1, 0.15) is 5.82 Å². The van der Waals surface area contributed by atoms with Crippen LogP contribution < -0.4 is 5.73 Å². The van der Waals surface area contributed by atoms with Gasteiger partial charge in [-0.1, -0.05) is 0 Å². The number of aromatic nitrogens is 2. The zero-order valence-electron chi connectivity index (χ0n) is 12.9. The molecule has 1 saturated heterocycles. The highest BCUT2D eigenvalue weighted by Crippen LogP contribution is 2.39. The fourth-order valence-electron chi connectivity index (χ4n) is 3.63. The van der Waals surface area contributed by atoms with Crippen LogP contribution in [0.1, 0.15) is 32.0 Å². The molecule has 2 aliphatic rings. The molecule has 20 heavy (non-hydrogen) atoms. The molecule has 0 spiro atoms. The Morgan fingerprint density at radius 3 is 2.80 bits per heavy atom. The van der Waals surface area contributed by atoms with Crippen molar-refractivity contribution >= 4 is 0 Å². The average Bonchev–Trinajstić information content (AvgIpc) is 3.11. The highest BCUT2D eigenvalue weighted by molar-refractivity contribution is 5.07. The molecule has 1 aromatic heterocycles. The van der Waals surface area contributed by atoms with Gasteiger partial charge in [-0.3, -0.25) is 9.80 Å². The number of nitrogens with two attached hydrogens (primary N) is 1. The van der Waals surface area contributed by atoms with Crippen molar-refractivity contribution in [2.45, 2.75) is 50.4 Å². The summed E-state index contributed by atoms with van der Waals surface area (Å²) < 4.78 is 2.09.